The molecule has 0 aliphatic carbocycles. The van der Waals surface area contributed by atoms with Crippen LogP contribution in [-0.4, -0.2) is 17.6 Å². The Labute approximate surface area is 95.5 Å². The molecule has 0 heterocycles. The van der Waals surface area contributed by atoms with E-state index in [0.717, 1.165) is 12.0 Å². The van der Waals surface area contributed by atoms with Gasteiger partial charge in [0.25, 0.3) is 0 Å². The Bertz CT molecular complexity index is 393. The van der Waals surface area contributed by atoms with Crippen LogP contribution in [0.5, 0.6) is 5.75 Å². The standard InChI is InChI=1S/C13H15NO2/c1-2-3-4-8-14-13(16)10-11-6-5-7-12(15)9-11/h1,5-7,9,15H,3-4,8,10H2,(H,14,16). The largest absolute Gasteiger partial charge is 0.508 e. The molecule has 1 aromatic rings. The first-order valence-corrected chi connectivity index (χ1v) is 5.20. The third kappa shape index (κ3) is 4.52. The molecular formula is C13H15NO2. The summed E-state index contributed by atoms with van der Waals surface area (Å²) in [7, 11) is 0. The zero-order valence-corrected chi connectivity index (χ0v) is 9.07. The summed E-state index contributed by atoms with van der Waals surface area (Å²) in [5.41, 5.74) is 0.800. The highest BCUT2D eigenvalue weighted by atomic mass is 16.3. The minimum atomic E-state index is -0.0531. The van der Waals surface area contributed by atoms with Crippen molar-refractivity contribution in [2.24, 2.45) is 0 Å². The van der Waals surface area contributed by atoms with Crippen molar-refractivity contribution in [1.82, 2.24) is 5.32 Å². The van der Waals surface area contributed by atoms with Gasteiger partial charge in [-0.15, -0.1) is 12.3 Å². The Morgan fingerprint density at radius 2 is 2.31 bits per heavy atom. The van der Waals surface area contributed by atoms with Gasteiger partial charge in [0.1, 0.15) is 5.75 Å². The van der Waals surface area contributed by atoms with Crippen LogP contribution in [0.2, 0.25) is 0 Å². The molecule has 2 N–H and O–H groups in total. The number of phenols is 1. The van der Waals surface area contributed by atoms with E-state index in [9.17, 15) is 9.90 Å². The van der Waals surface area contributed by atoms with Gasteiger partial charge in [-0.1, -0.05) is 12.1 Å². The third-order valence-electron chi connectivity index (χ3n) is 2.10. The number of carbonyl (C=O) groups excluding carboxylic acids is 1. The molecule has 1 rings (SSSR count). The average Bonchev–Trinajstić information content (AvgIpc) is 2.24. The van der Waals surface area contributed by atoms with Crippen LogP contribution in [0, 0.1) is 12.3 Å². The quantitative estimate of drug-likeness (QED) is 0.579. The lowest BCUT2D eigenvalue weighted by atomic mass is 10.1. The number of benzene rings is 1. The summed E-state index contributed by atoms with van der Waals surface area (Å²) in [5, 5.41) is 12.0. The normalized spacial score (nSPS) is 9.44. The monoisotopic (exact) mass is 217 g/mol. The van der Waals surface area contributed by atoms with Crippen LogP contribution in [0.15, 0.2) is 24.3 Å². The van der Waals surface area contributed by atoms with Gasteiger partial charge >= 0.3 is 0 Å². The SMILES string of the molecule is C#CCCCNC(=O)Cc1cccc(O)c1. The highest BCUT2D eigenvalue weighted by molar-refractivity contribution is 5.78. The molecule has 16 heavy (non-hydrogen) atoms. The number of unbranched alkanes of at least 4 members (excludes halogenated alkanes) is 1. The minimum absolute atomic E-state index is 0.0531. The Morgan fingerprint density at radius 1 is 1.50 bits per heavy atom. The second-order valence-corrected chi connectivity index (χ2v) is 3.50. The number of aromatic hydroxyl groups is 1. The number of phenolic OH excluding ortho intramolecular Hbond substituents is 1. The molecule has 0 spiro atoms. The summed E-state index contributed by atoms with van der Waals surface area (Å²) in [5.74, 6) is 2.64. The van der Waals surface area contributed by atoms with E-state index in [0.29, 0.717) is 13.0 Å². The van der Waals surface area contributed by atoms with Crippen molar-refractivity contribution in [3.05, 3.63) is 29.8 Å². The van der Waals surface area contributed by atoms with Crippen molar-refractivity contribution in [3.63, 3.8) is 0 Å². The second-order valence-electron chi connectivity index (χ2n) is 3.50. The molecule has 0 aromatic heterocycles. The summed E-state index contributed by atoms with van der Waals surface area (Å²) < 4.78 is 0. The van der Waals surface area contributed by atoms with Crippen molar-refractivity contribution in [1.29, 1.82) is 0 Å². The number of terminal acetylenes is 1. The van der Waals surface area contributed by atoms with E-state index in [1.807, 2.05) is 0 Å². The van der Waals surface area contributed by atoms with E-state index in [4.69, 9.17) is 6.42 Å². The highest BCUT2D eigenvalue weighted by Crippen LogP contribution is 2.11. The topological polar surface area (TPSA) is 49.3 Å². The van der Waals surface area contributed by atoms with Crippen LogP contribution in [0.25, 0.3) is 0 Å². The number of hydrogen-bond donors (Lipinski definition) is 2. The Kier molecular flexibility index (Phi) is 4.94. The van der Waals surface area contributed by atoms with E-state index in [2.05, 4.69) is 11.2 Å². The van der Waals surface area contributed by atoms with Crippen LogP contribution >= 0.6 is 0 Å². The van der Waals surface area contributed by atoms with Gasteiger partial charge in [-0.25, -0.2) is 0 Å². The Morgan fingerprint density at radius 3 is 3.00 bits per heavy atom. The molecule has 1 amide bonds. The van der Waals surface area contributed by atoms with Crippen molar-refractivity contribution in [3.8, 4) is 18.1 Å². The summed E-state index contributed by atoms with van der Waals surface area (Å²) >= 11 is 0. The number of rotatable bonds is 5. The van der Waals surface area contributed by atoms with Crippen LogP contribution in [-0.2, 0) is 11.2 Å². The molecular weight excluding hydrogens is 202 g/mol. The van der Waals surface area contributed by atoms with Gasteiger partial charge in [-0.3, -0.25) is 4.79 Å². The zero-order valence-electron chi connectivity index (χ0n) is 9.07. The minimum Gasteiger partial charge on any atom is -0.508 e. The summed E-state index contributed by atoms with van der Waals surface area (Å²) in [6.45, 7) is 0.599. The molecule has 0 fully saturated rings. The zero-order chi connectivity index (χ0) is 11.8. The van der Waals surface area contributed by atoms with Gasteiger partial charge in [0.05, 0.1) is 6.42 Å². The van der Waals surface area contributed by atoms with Gasteiger partial charge in [0.2, 0.25) is 5.91 Å². The maximum atomic E-state index is 11.4. The summed E-state index contributed by atoms with van der Waals surface area (Å²) in [4.78, 5) is 11.4. The lowest BCUT2D eigenvalue weighted by molar-refractivity contribution is -0.120. The van der Waals surface area contributed by atoms with Gasteiger partial charge in [0.15, 0.2) is 0 Å². The van der Waals surface area contributed by atoms with E-state index in [-0.39, 0.29) is 18.1 Å². The number of nitrogens with one attached hydrogen (secondary N) is 1. The Hall–Kier alpha value is -1.95. The fourth-order valence-corrected chi connectivity index (χ4v) is 1.33. The average molecular weight is 217 g/mol. The predicted octanol–water partition coefficient (Wildman–Crippen LogP) is 1.46. The van der Waals surface area contributed by atoms with Crippen molar-refractivity contribution in [2.75, 3.05) is 6.54 Å². The van der Waals surface area contributed by atoms with E-state index in [1.54, 1.807) is 24.3 Å². The molecule has 0 unspecified atom stereocenters. The molecule has 0 atom stereocenters. The number of amides is 1. The van der Waals surface area contributed by atoms with Crippen LogP contribution < -0.4 is 5.32 Å². The van der Waals surface area contributed by atoms with Crippen molar-refractivity contribution in [2.45, 2.75) is 19.3 Å². The lowest BCUT2D eigenvalue weighted by Gasteiger charge is -2.04. The number of hydrogen-bond acceptors (Lipinski definition) is 2. The maximum absolute atomic E-state index is 11.4. The molecule has 0 aliphatic rings. The first-order valence-electron chi connectivity index (χ1n) is 5.20. The fraction of sp³-hybridized carbons (Fsp3) is 0.308. The summed E-state index contributed by atoms with van der Waals surface area (Å²) in [6, 6.07) is 6.69. The molecule has 3 heteroatoms. The predicted molar refractivity (Wildman–Crippen MR) is 62.9 cm³/mol. The van der Waals surface area contributed by atoms with Crippen molar-refractivity contribution >= 4 is 5.91 Å². The first kappa shape index (κ1) is 12.1. The van der Waals surface area contributed by atoms with Gasteiger partial charge in [-0.2, -0.15) is 0 Å². The molecule has 84 valence electrons. The van der Waals surface area contributed by atoms with E-state index in [1.165, 1.54) is 0 Å². The van der Waals surface area contributed by atoms with Gasteiger partial charge in [0, 0.05) is 13.0 Å². The van der Waals surface area contributed by atoms with Crippen LogP contribution in [0.4, 0.5) is 0 Å². The van der Waals surface area contributed by atoms with E-state index < -0.39 is 0 Å². The highest BCUT2D eigenvalue weighted by Gasteiger charge is 2.02. The molecule has 0 saturated carbocycles. The fourth-order valence-electron chi connectivity index (χ4n) is 1.33. The molecule has 0 bridgehead atoms. The maximum Gasteiger partial charge on any atom is 0.224 e. The molecule has 3 nitrogen and oxygen atoms in total. The second kappa shape index (κ2) is 6.52. The van der Waals surface area contributed by atoms with Crippen LogP contribution in [0.1, 0.15) is 18.4 Å². The molecule has 1 aromatic carbocycles. The number of carbonyl (C=O) groups is 1. The lowest BCUT2D eigenvalue weighted by Crippen LogP contribution is -2.25. The van der Waals surface area contributed by atoms with E-state index >= 15 is 0 Å². The summed E-state index contributed by atoms with van der Waals surface area (Å²) in [6.07, 6.45) is 6.84. The Balaban J connectivity index is 2.32. The van der Waals surface area contributed by atoms with Gasteiger partial charge < -0.3 is 10.4 Å². The van der Waals surface area contributed by atoms with Gasteiger partial charge in [-0.05, 0) is 24.1 Å². The molecule has 0 aliphatic heterocycles. The molecule has 0 saturated heterocycles. The molecule has 0 radical (unpaired) electrons. The van der Waals surface area contributed by atoms with Crippen LogP contribution in [0.3, 0.4) is 0 Å². The first-order chi connectivity index (χ1) is 7.72. The van der Waals surface area contributed by atoms with Crippen molar-refractivity contribution < 1.29 is 9.90 Å². The smallest absolute Gasteiger partial charge is 0.224 e. The third-order valence-corrected chi connectivity index (χ3v) is 2.10.